The molecule has 0 saturated heterocycles. The van der Waals surface area contributed by atoms with E-state index in [0.717, 1.165) is 64.5 Å². The highest BCUT2D eigenvalue weighted by atomic mass is 32.2. The van der Waals surface area contributed by atoms with E-state index in [1.807, 2.05) is 42.2 Å². The predicted octanol–water partition coefficient (Wildman–Crippen LogP) is 7.67. The molecule has 4 aliphatic rings. The van der Waals surface area contributed by atoms with E-state index in [-0.39, 0.29) is 24.0 Å². The lowest BCUT2D eigenvalue weighted by atomic mass is 9.53. The summed E-state index contributed by atoms with van der Waals surface area (Å²) in [5.41, 5.74) is 3.09. The van der Waals surface area contributed by atoms with E-state index in [4.69, 9.17) is 4.74 Å². The quantitative estimate of drug-likeness (QED) is 0.255. The van der Waals surface area contributed by atoms with Crippen molar-refractivity contribution in [1.29, 1.82) is 0 Å². The van der Waals surface area contributed by atoms with Gasteiger partial charge in [0, 0.05) is 27.6 Å². The first-order valence-electron chi connectivity index (χ1n) is 15.1. The van der Waals surface area contributed by atoms with Crippen molar-refractivity contribution in [2.75, 3.05) is 18.1 Å². The van der Waals surface area contributed by atoms with Crippen LogP contribution in [0, 0.1) is 17.8 Å². The van der Waals surface area contributed by atoms with Gasteiger partial charge in [-0.3, -0.25) is 9.69 Å². The fourth-order valence-corrected chi connectivity index (χ4v) is 8.49. The zero-order valence-electron chi connectivity index (χ0n) is 23.9. The fraction of sp³-hybridized carbons (Fsp3) is 0.429. The number of nitrogens with zero attached hydrogens (tertiary/aromatic N) is 1. The number of ether oxygens (including phenoxy) is 1. The Morgan fingerprint density at radius 3 is 2.00 bits per heavy atom. The molecule has 3 aromatic rings. The number of hydrogen-bond acceptors (Lipinski definition) is 4. The number of rotatable bonds is 10. The first-order chi connectivity index (χ1) is 20.0. The van der Waals surface area contributed by atoms with Crippen LogP contribution >= 0.6 is 11.8 Å². The Kier molecular flexibility index (Phi) is 8.38. The van der Waals surface area contributed by atoms with Gasteiger partial charge in [0.25, 0.3) is 0 Å². The number of anilines is 1. The number of nitrogens with one attached hydrogen (secondary N) is 1. The molecule has 4 fully saturated rings. The Morgan fingerprint density at radius 1 is 0.829 bits per heavy atom. The molecule has 0 radical (unpaired) electrons. The minimum absolute atomic E-state index is 0.0218. The topological polar surface area (TPSA) is 58.6 Å². The molecule has 1 N–H and O–H groups in total. The molecule has 0 aromatic heterocycles. The van der Waals surface area contributed by atoms with Gasteiger partial charge in [-0.25, -0.2) is 4.79 Å². The normalized spacial score (nSPS) is 24.2. The van der Waals surface area contributed by atoms with E-state index in [0.29, 0.717) is 13.2 Å². The van der Waals surface area contributed by atoms with Crippen LogP contribution in [-0.4, -0.2) is 30.7 Å². The van der Waals surface area contributed by atoms with Crippen LogP contribution in [0.3, 0.4) is 0 Å². The van der Waals surface area contributed by atoms with Crippen molar-refractivity contribution in [2.24, 2.45) is 17.8 Å². The Labute approximate surface area is 248 Å². The molecule has 0 aliphatic heterocycles. The van der Waals surface area contributed by atoms with Crippen LogP contribution in [-0.2, 0) is 22.4 Å². The van der Waals surface area contributed by atoms with Gasteiger partial charge in [0.1, 0.15) is 0 Å². The molecular formula is C35H40N2O3S. The monoisotopic (exact) mass is 568 g/mol. The van der Waals surface area contributed by atoms with Crippen LogP contribution in [0.2, 0.25) is 0 Å². The van der Waals surface area contributed by atoms with Crippen molar-refractivity contribution in [2.45, 2.75) is 73.6 Å². The highest BCUT2D eigenvalue weighted by molar-refractivity contribution is 7.99. The number of hydrogen-bond donors (Lipinski definition) is 1. The molecule has 0 heterocycles. The van der Waals surface area contributed by atoms with Crippen LogP contribution in [0.1, 0.15) is 56.6 Å². The van der Waals surface area contributed by atoms with Crippen molar-refractivity contribution >= 4 is 29.4 Å². The Bertz CT molecular complexity index is 1300. The third-order valence-electron chi connectivity index (χ3n) is 9.08. The molecule has 7 rings (SSSR count). The highest BCUT2D eigenvalue weighted by Crippen LogP contribution is 2.55. The van der Waals surface area contributed by atoms with Gasteiger partial charge in [-0.05, 0) is 117 Å². The van der Waals surface area contributed by atoms with Gasteiger partial charge in [0.05, 0.1) is 13.0 Å². The van der Waals surface area contributed by atoms with Gasteiger partial charge >= 0.3 is 12.0 Å². The number of amides is 2. The summed E-state index contributed by atoms with van der Waals surface area (Å²) in [6.45, 7) is 2.86. The number of benzene rings is 3. The smallest absolute Gasteiger partial charge is 0.322 e. The predicted molar refractivity (Wildman–Crippen MR) is 164 cm³/mol. The molecule has 3 aromatic carbocycles. The maximum absolute atomic E-state index is 14.0. The third kappa shape index (κ3) is 6.81. The zero-order valence-corrected chi connectivity index (χ0v) is 24.7. The van der Waals surface area contributed by atoms with Gasteiger partial charge in [-0.2, -0.15) is 0 Å². The molecule has 4 aliphatic carbocycles. The lowest BCUT2D eigenvalue weighted by molar-refractivity contribution is -0.142. The molecule has 4 bridgehead atoms. The molecule has 0 spiro atoms. The molecule has 0 unspecified atom stereocenters. The van der Waals surface area contributed by atoms with Gasteiger partial charge in [-0.15, -0.1) is 0 Å². The third-order valence-corrected chi connectivity index (χ3v) is 10.1. The molecule has 214 valence electrons. The maximum atomic E-state index is 14.0. The summed E-state index contributed by atoms with van der Waals surface area (Å²) < 4.78 is 5.05. The molecule has 5 nitrogen and oxygen atoms in total. The summed E-state index contributed by atoms with van der Waals surface area (Å²) >= 11 is 1.67. The number of urea groups is 1. The van der Waals surface area contributed by atoms with E-state index < -0.39 is 0 Å². The first kappa shape index (κ1) is 27.9. The van der Waals surface area contributed by atoms with E-state index >= 15 is 0 Å². The van der Waals surface area contributed by atoms with Crippen LogP contribution in [0.15, 0.2) is 88.7 Å². The van der Waals surface area contributed by atoms with Gasteiger partial charge in [0.2, 0.25) is 0 Å². The lowest BCUT2D eigenvalue weighted by Crippen LogP contribution is -2.62. The van der Waals surface area contributed by atoms with Crippen LogP contribution in [0.25, 0.3) is 0 Å². The summed E-state index contributed by atoms with van der Waals surface area (Å²) in [5.74, 6) is 2.16. The average molecular weight is 569 g/mol. The lowest BCUT2D eigenvalue weighted by Gasteiger charge is -2.57. The molecule has 6 heteroatoms. The second-order valence-corrected chi connectivity index (χ2v) is 13.4. The summed E-state index contributed by atoms with van der Waals surface area (Å²) in [6, 6.07) is 26.8. The molecule has 4 saturated carbocycles. The molecule has 2 amide bonds. The Morgan fingerprint density at radius 2 is 1.41 bits per heavy atom. The highest BCUT2D eigenvalue weighted by Gasteiger charge is 2.51. The summed E-state index contributed by atoms with van der Waals surface area (Å²) in [7, 11) is 0. The summed E-state index contributed by atoms with van der Waals surface area (Å²) in [6.07, 6.45) is 8.62. The summed E-state index contributed by atoms with van der Waals surface area (Å²) in [5, 5.41) is 3.59. The number of carbonyl (C=O) groups excluding carboxylic acids is 2. The van der Waals surface area contributed by atoms with E-state index in [2.05, 4.69) is 53.8 Å². The fourth-order valence-electron chi connectivity index (χ4n) is 7.68. The van der Waals surface area contributed by atoms with Crippen molar-refractivity contribution in [3.63, 3.8) is 0 Å². The SMILES string of the molecule is CCOC(=O)Cc1ccc(Sc2ccc(N(CCc3ccccc3)C(=O)NC34CC5CC(CC(C5)C3)C4)cc2)cc1. The Balaban J connectivity index is 1.14. The second-order valence-electron chi connectivity index (χ2n) is 12.2. The van der Waals surface area contributed by atoms with Gasteiger partial charge in [-0.1, -0.05) is 54.2 Å². The second kappa shape index (κ2) is 12.3. The molecule has 0 atom stereocenters. The van der Waals surface area contributed by atoms with Gasteiger partial charge < -0.3 is 10.1 Å². The van der Waals surface area contributed by atoms with Gasteiger partial charge in [0.15, 0.2) is 0 Å². The van der Waals surface area contributed by atoms with E-state index in [1.54, 1.807) is 11.8 Å². The zero-order chi connectivity index (χ0) is 28.2. The van der Waals surface area contributed by atoms with Crippen molar-refractivity contribution in [1.82, 2.24) is 5.32 Å². The van der Waals surface area contributed by atoms with E-state index in [9.17, 15) is 9.59 Å². The van der Waals surface area contributed by atoms with E-state index in [1.165, 1.54) is 24.8 Å². The first-order valence-corrected chi connectivity index (χ1v) is 15.9. The Hall–Kier alpha value is -3.25. The molecule has 41 heavy (non-hydrogen) atoms. The number of esters is 1. The van der Waals surface area contributed by atoms with Crippen LogP contribution < -0.4 is 10.2 Å². The minimum atomic E-state index is -0.201. The largest absolute Gasteiger partial charge is 0.466 e. The molecular weight excluding hydrogens is 528 g/mol. The van der Waals surface area contributed by atoms with Crippen LogP contribution in [0.4, 0.5) is 10.5 Å². The maximum Gasteiger partial charge on any atom is 0.322 e. The van der Waals surface area contributed by atoms with Crippen LogP contribution in [0.5, 0.6) is 0 Å². The minimum Gasteiger partial charge on any atom is -0.466 e. The van der Waals surface area contributed by atoms with Crippen molar-refractivity contribution in [3.05, 3.63) is 90.0 Å². The standard InChI is InChI=1S/C35H40N2O3S/c1-2-40-33(38)21-26-8-12-31(13-9-26)41-32-14-10-30(11-15-32)37(17-16-25-6-4-3-5-7-25)34(39)36-35-22-27-18-28(23-35)20-29(19-27)24-35/h3-15,27-29H,2,16-24H2,1H3,(H,36,39). The summed E-state index contributed by atoms with van der Waals surface area (Å²) in [4.78, 5) is 29.9. The average Bonchev–Trinajstić information content (AvgIpc) is 2.95. The van der Waals surface area contributed by atoms with Crippen molar-refractivity contribution < 1.29 is 14.3 Å². The van der Waals surface area contributed by atoms with Crippen molar-refractivity contribution in [3.8, 4) is 0 Å². The number of carbonyl (C=O) groups is 2.